The number of sulfonamides is 1. The number of carbonyl (C=O) groups is 2. The lowest BCUT2D eigenvalue weighted by Gasteiger charge is -2.32. The monoisotopic (exact) mass is 557 g/mol. The van der Waals surface area contributed by atoms with Crippen LogP contribution in [0.4, 0.5) is 5.69 Å². The van der Waals surface area contributed by atoms with Gasteiger partial charge < -0.3 is 15.0 Å². The fourth-order valence-corrected chi connectivity index (χ4v) is 5.31. The molecule has 0 fully saturated rings. The third-order valence-electron chi connectivity index (χ3n) is 5.95. The molecule has 0 saturated carbocycles. The Morgan fingerprint density at radius 2 is 1.61 bits per heavy atom. The average molecular weight is 558 g/mol. The number of nitrogens with one attached hydrogen (secondary N) is 1. The number of methoxy groups -OCH3 is 1. The number of ether oxygens (including phenoxy) is 1. The van der Waals surface area contributed by atoms with Gasteiger partial charge in [-0.25, -0.2) is 8.42 Å². The van der Waals surface area contributed by atoms with Crippen molar-refractivity contribution in [2.24, 2.45) is 0 Å². The minimum absolute atomic E-state index is 0.00982. The molecule has 38 heavy (non-hydrogen) atoms. The van der Waals surface area contributed by atoms with Crippen LogP contribution in [0.25, 0.3) is 0 Å². The van der Waals surface area contributed by atoms with Gasteiger partial charge in [0.2, 0.25) is 11.8 Å². The summed E-state index contributed by atoms with van der Waals surface area (Å²) >= 11 is 6.04. The van der Waals surface area contributed by atoms with Gasteiger partial charge in [-0.2, -0.15) is 0 Å². The molecule has 0 aliphatic heterocycles. The predicted molar refractivity (Wildman–Crippen MR) is 149 cm³/mol. The van der Waals surface area contributed by atoms with E-state index in [4.69, 9.17) is 16.3 Å². The van der Waals surface area contributed by atoms with Gasteiger partial charge in [0, 0.05) is 18.1 Å². The molecule has 0 spiro atoms. The summed E-state index contributed by atoms with van der Waals surface area (Å²) in [6.07, 6.45) is 0.746. The van der Waals surface area contributed by atoms with E-state index in [9.17, 15) is 18.0 Å². The van der Waals surface area contributed by atoms with E-state index in [-0.39, 0.29) is 23.0 Å². The molecule has 8 nitrogen and oxygen atoms in total. The molecule has 0 heterocycles. The number of rotatable bonds is 12. The molecule has 0 saturated heterocycles. The SMILES string of the molecule is CCCNC(=O)[C@H](C)N(Cc1ccccc1)C(=O)CN(c1ccc(Cl)cc1)S(=O)(=O)c1ccc(OC)cc1. The van der Waals surface area contributed by atoms with E-state index in [1.165, 1.54) is 48.4 Å². The van der Waals surface area contributed by atoms with Crippen LogP contribution in [-0.4, -0.2) is 51.4 Å². The Labute approximate surface area is 229 Å². The summed E-state index contributed by atoms with van der Waals surface area (Å²) in [5.41, 5.74) is 1.08. The van der Waals surface area contributed by atoms with Crippen molar-refractivity contribution in [3.05, 3.63) is 89.4 Å². The molecule has 3 aromatic carbocycles. The van der Waals surface area contributed by atoms with Crippen molar-refractivity contribution in [1.82, 2.24) is 10.2 Å². The summed E-state index contributed by atoms with van der Waals surface area (Å²) in [7, 11) is -2.68. The van der Waals surface area contributed by atoms with E-state index in [0.717, 1.165) is 16.3 Å². The van der Waals surface area contributed by atoms with Crippen LogP contribution in [0.15, 0.2) is 83.8 Å². The van der Waals surface area contributed by atoms with Crippen molar-refractivity contribution in [3.8, 4) is 5.75 Å². The molecule has 0 unspecified atom stereocenters. The maximum Gasteiger partial charge on any atom is 0.264 e. The number of benzene rings is 3. The zero-order valence-corrected chi connectivity index (χ0v) is 23.2. The zero-order valence-electron chi connectivity index (χ0n) is 21.6. The highest BCUT2D eigenvalue weighted by molar-refractivity contribution is 7.92. The summed E-state index contributed by atoms with van der Waals surface area (Å²) in [5.74, 6) is -0.341. The number of amides is 2. The molecule has 0 aromatic heterocycles. The molecular weight excluding hydrogens is 526 g/mol. The van der Waals surface area contributed by atoms with Crippen LogP contribution in [0.1, 0.15) is 25.8 Å². The molecule has 3 rings (SSSR count). The average Bonchev–Trinajstić information content (AvgIpc) is 2.93. The third-order valence-corrected chi connectivity index (χ3v) is 7.99. The number of carbonyl (C=O) groups excluding carboxylic acids is 2. The van der Waals surface area contributed by atoms with E-state index < -0.39 is 28.5 Å². The van der Waals surface area contributed by atoms with Crippen LogP contribution in [0.5, 0.6) is 5.75 Å². The fourth-order valence-electron chi connectivity index (χ4n) is 3.77. The number of halogens is 1. The number of hydrogen-bond donors (Lipinski definition) is 1. The van der Waals surface area contributed by atoms with E-state index in [0.29, 0.717) is 17.3 Å². The van der Waals surface area contributed by atoms with Gasteiger partial charge in [0.25, 0.3) is 10.0 Å². The minimum Gasteiger partial charge on any atom is -0.497 e. The minimum atomic E-state index is -4.17. The largest absolute Gasteiger partial charge is 0.497 e. The first kappa shape index (κ1) is 29.0. The molecule has 3 aromatic rings. The van der Waals surface area contributed by atoms with Crippen LogP contribution in [0.2, 0.25) is 5.02 Å². The molecule has 2 amide bonds. The van der Waals surface area contributed by atoms with Crippen molar-refractivity contribution in [1.29, 1.82) is 0 Å². The summed E-state index contributed by atoms with van der Waals surface area (Å²) in [6.45, 7) is 3.66. The van der Waals surface area contributed by atoms with E-state index in [1.807, 2.05) is 37.3 Å². The lowest BCUT2D eigenvalue weighted by molar-refractivity contribution is -0.139. The van der Waals surface area contributed by atoms with Crippen LogP contribution in [-0.2, 0) is 26.2 Å². The number of hydrogen-bond acceptors (Lipinski definition) is 5. The second-order valence-electron chi connectivity index (χ2n) is 8.64. The maximum atomic E-state index is 13.8. The maximum absolute atomic E-state index is 13.8. The van der Waals surface area contributed by atoms with E-state index >= 15 is 0 Å². The standard InChI is InChI=1S/C28H32ClN3O5S/c1-4-18-30-28(34)21(2)31(19-22-8-6-5-7-9-22)27(33)20-32(24-12-10-23(29)11-13-24)38(35,36)26-16-14-25(37-3)15-17-26/h5-17,21H,4,18-20H2,1-3H3,(H,30,34)/t21-/m0/s1. The molecule has 1 atom stereocenters. The highest BCUT2D eigenvalue weighted by Gasteiger charge is 2.32. The van der Waals surface area contributed by atoms with E-state index in [1.54, 1.807) is 19.1 Å². The van der Waals surface area contributed by atoms with Gasteiger partial charge in [0.1, 0.15) is 18.3 Å². The Morgan fingerprint density at radius 3 is 2.18 bits per heavy atom. The van der Waals surface area contributed by atoms with Crippen molar-refractivity contribution in [3.63, 3.8) is 0 Å². The van der Waals surface area contributed by atoms with Crippen molar-refractivity contribution in [2.75, 3.05) is 24.5 Å². The van der Waals surface area contributed by atoms with Gasteiger partial charge in [0.15, 0.2) is 0 Å². The van der Waals surface area contributed by atoms with Crippen molar-refractivity contribution < 1.29 is 22.7 Å². The Bertz CT molecular complexity index is 1320. The Balaban J connectivity index is 2.00. The fraction of sp³-hybridized carbons (Fsp3) is 0.286. The molecule has 10 heteroatoms. The quantitative estimate of drug-likeness (QED) is 0.354. The lowest BCUT2D eigenvalue weighted by atomic mass is 10.1. The summed E-state index contributed by atoms with van der Waals surface area (Å²) in [5, 5.41) is 3.24. The van der Waals surface area contributed by atoms with Crippen LogP contribution in [0, 0.1) is 0 Å². The Morgan fingerprint density at radius 1 is 0.974 bits per heavy atom. The first-order valence-electron chi connectivity index (χ1n) is 12.2. The van der Waals surface area contributed by atoms with Crippen LogP contribution >= 0.6 is 11.6 Å². The van der Waals surface area contributed by atoms with Gasteiger partial charge >= 0.3 is 0 Å². The highest BCUT2D eigenvalue weighted by Crippen LogP contribution is 2.27. The third kappa shape index (κ3) is 7.26. The summed E-state index contributed by atoms with van der Waals surface area (Å²) in [4.78, 5) is 28.0. The van der Waals surface area contributed by atoms with Crippen LogP contribution < -0.4 is 14.4 Å². The first-order valence-corrected chi connectivity index (χ1v) is 14.0. The molecular formula is C28H32ClN3O5S. The lowest BCUT2D eigenvalue weighted by Crippen LogP contribution is -2.51. The van der Waals surface area contributed by atoms with Gasteiger partial charge in [-0.15, -0.1) is 0 Å². The molecule has 1 N–H and O–H groups in total. The molecule has 0 aliphatic rings. The number of anilines is 1. The van der Waals surface area contributed by atoms with Gasteiger partial charge in [-0.3, -0.25) is 13.9 Å². The molecule has 202 valence electrons. The first-order chi connectivity index (χ1) is 18.2. The smallest absolute Gasteiger partial charge is 0.264 e. The Hall–Kier alpha value is -3.56. The van der Waals surface area contributed by atoms with Crippen molar-refractivity contribution >= 4 is 39.1 Å². The second kappa shape index (κ2) is 13.3. The zero-order chi connectivity index (χ0) is 27.7. The summed E-state index contributed by atoms with van der Waals surface area (Å²) < 4.78 is 33.7. The normalized spacial score (nSPS) is 11.9. The molecule has 0 radical (unpaired) electrons. The van der Waals surface area contributed by atoms with Gasteiger partial charge in [0.05, 0.1) is 17.7 Å². The highest BCUT2D eigenvalue weighted by atomic mass is 35.5. The second-order valence-corrected chi connectivity index (χ2v) is 10.9. The predicted octanol–water partition coefficient (Wildman–Crippen LogP) is 4.49. The van der Waals surface area contributed by atoms with Crippen LogP contribution in [0.3, 0.4) is 0 Å². The van der Waals surface area contributed by atoms with Gasteiger partial charge in [-0.05, 0) is 67.4 Å². The topological polar surface area (TPSA) is 96.0 Å². The Kier molecular flexibility index (Phi) is 10.2. The molecule has 0 bridgehead atoms. The van der Waals surface area contributed by atoms with Gasteiger partial charge in [-0.1, -0.05) is 48.9 Å². The van der Waals surface area contributed by atoms with Crippen molar-refractivity contribution in [2.45, 2.75) is 37.8 Å². The summed E-state index contributed by atoms with van der Waals surface area (Å²) in [6, 6.07) is 20.5. The number of nitrogens with zero attached hydrogens (tertiary/aromatic N) is 2. The van der Waals surface area contributed by atoms with E-state index in [2.05, 4.69) is 5.32 Å². The molecule has 0 aliphatic carbocycles.